The Kier molecular flexibility index (Phi) is 5.94. The maximum Gasteiger partial charge on any atom is 0.304 e. The number of ether oxygens (including phenoxy) is 1. The van der Waals surface area contributed by atoms with Crippen molar-refractivity contribution >= 4 is 18.4 Å². The highest BCUT2D eigenvalue weighted by molar-refractivity contribution is 5.85. The summed E-state index contributed by atoms with van der Waals surface area (Å²) in [6.07, 6.45) is -0.984. The Morgan fingerprint density at radius 3 is 2.77 bits per heavy atom. The summed E-state index contributed by atoms with van der Waals surface area (Å²) < 4.78 is 17.6. The average molecular weight is 214 g/mol. The van der Waals surface area contributed by atoms with E-state index in [9.17, 15) is 9.18 Å². The molecule has 0 aliphatic carbocycles. The summed E-state index contributed by atoms with van der Waals surface area (Å²) in [4.78, 5) is 10.1. The molecule has 0 aromatic heterocycles. The lowest BCUT2D eigenvalue weighted by molar-refractivity contribution is -0.136. The van der Waals surface area contributed by atoms with Crippen LogP contribution in [0.15, 0.2) is 0 Å². The van der Waals surface area contributed by atoms with Crippen molar-refractivity contribution in [1.29, 1.82) is 0 Å². The average Bonchev–Trinajstić information content (AvgIpc) is 2.36. The third kappa shape index (κ3) is 4.40. The lowest BCUT2D eigenvalue weighted by atomic mass is 10.2. The van der Waals surface area contributed by atoms with Gasteiger partial charge in [-0.3, -0.25) is 4.79 Å². The topological polar surface area (TPSA) is 58.6 Å². The molecule has 0 radical (unpaired) electrons. The Labute approximate surface area is 81.9 Å². The molecule has 13 heavy (non-hydrogen) atoms. The van der Waals surface area contributed by atoms with Gasteiger partial charge in [-0.1, -0.05) is 0 Å². The van der Waals surface area contributed by atoms with Gasteiger partial charge in [-0.05, 0) is 0 Å². The molecule has 1 aliphatic rings. The Hall–Kier alpha value is -0.390. The van der Waals surface area contributed by atoms with Crippen LogP contribution in [0.25, 0.3) is 0 Å². The first-order valence-electron chi connectivity index (χ1n) is 3.87. The summed E-state index contributed by atoms with van der Waals surface area (Å²) in [6.45, 7) is 0.745. The van der Waals surface area contributed by atoms with Gasteiger partial charge in [0.05, 0.1) is 25.7 Å². The second kappa shape index (κ2) is 6.12. The van der Waals surface area contributed by atoms with Crippen LogP contribution in [0.3, 0.4) is 0 Å². The van der Waals surface area contributed by atoms with Gasteiger partial charge in [-0.15, -0.1) is 12.4 Å². The molecule has 6 heteroatoms. The SMILES string of the molecule is Cl.O=C(O)CCN[C@@H]1COC[C@H]1F. The van der Waals surface area contributed by atoms with Gasteiger partial charge in [0.1, 0.15) is 6.17 Å². The molecule has 1 saturated heterocycles. The molecule has 2 N–H and O–H groups in total. The van der Waals surface area contributed by atoms with Gasteiger partial charge >= 0.3 is 5.97 Å². The van der Waals surface area contributed by atoms with Crippen molar-refractivity contribution in [2.45, 2.75) is 18.6 Å². The molecule has 0 aromatic rings. The smallest absolute Gasteiger partial charge is 0.304 e. The molecule has 0 saturated carbocycles. The van der Waals surface area contributed by atoms with E-state index in [1.807, 2.05) is 0 Å². The molecule has 0 amide bonds. The number of carboxylic acids is 1. The van der Waals surface area contributed by atoms with Gasteiger partial charge in [0.15, 0.2) is 0 Å². The second-order valence-electron chi connectivity index (χ2n) is 2.76. The lowest BCUT2D eigenvalue weighted by Crippen LogP contribution is -2.37. The number of carboxylic acid groups (broad SMARTS) is 1. The molecule has 1 fully saturated rings. The van der Waals surface area contributed by atoms with Gasteiger partial charge in [0.25, 0.3) is 0 Å². The van der Waals surface area contributed by atoms with Crippen LogP contribution in [0.1, 0.15) is 6.42 Å². The molecule has 4 nitrogen and oxygen atoms in total. The van der Waals surface area contributed by atoms with E-state index in [-0.39, 0.29) is 31.5 Å². The summed E-state index contributed by atoms with van der Waals surface area (Å²) in [5, 5.41) is 11.1. The zero-order valence-corrected chi connectivity index (χ0v) is 7.85. The summed E-state index contributed by atoms with van der Waals surface area (Å²) in [5.74, 6) is -0.878. The molecule has 1 heterocycles. The zero-order valence-electron chi connectivity index (χ0n) is 7.03. The number of hydrogen-bond acceptors (Lipinski definition) is 3. The number of hydrogen-bond donors (Lipinski definition) is 2. The highest BCUT2D eigenvalue weighted by Crippen LogP contribution is 2.08. The number of halogens is 2. The third-order valence-corrected chi connectivity index (χ3v) is 1.76. The van der Waals surface area contributed by atoms with Crippen molar-refractivity contribution < 1.29 is 19.0 Å². The van der Waals surface area contributed by atoms with E-state index < -0.39 is 12.1 Å². The van der Waals surface area contributed by atoms with Crippen LogP contribution < -0.4 is 5.32 Å². The van der Waals surface area contributed by atoms with Gasteiger partial charge in [0.2, 0.25) is 0 Å². The number of aliphatic carboxylic acids is 1. The predicted octanol–water partition coefficient (Wildman–Crippen LogP) is 0.209. The van der Waals surface area contributed by atoms with Crippen molar-refractivity contribution in [3.63, 3.8) is 0 Å². The number of carbonyl (C=O) groups is 1. The summed E-state index contributed by atoms with van der Waals surface area (Å²) in [5.41, 5.74) is 0. The van der Waals surface area contributed by atoms with Crippen LogP contribution in [0, 0.1) is 0 Å². The number of nitrogens with one attached hydrogen (secondary N) is 1. The second-order valence-corrected chi connectivity index (χ2v) is 2.76. The van der Waals surface area contributed by atoms with Crippen LogP contribution in [0.4, 0.5) is 4.39 Å². The van der Waals surface area contributed by atoms with E-state index in [1.165, 1.54) is 0 Å². The molecular weight excluding hydrogens is 201 g/mol. The van der Waals surface area contributed by atoms with Gasteiger partial charge in [-0.2, -0.15) is 0 Å². The van der Waals surface area contributed by atoms with E-state index >= 15 is 0 Å². The summed E-state index contributed by atoms with van der Waals surface area (Å²) in [7, 11) is 0. The monoisotopic (exact) mass is 213 g/mol. The molecule has 1 aliphatic heterocycles. The van der Waals surface area contributed by atoms with Gasteiger partial charge in [0, 0.05) is 6.54 Å². The molecule has 78 valence electrons. The van der Waals surface area contributed by atoms with E-state index in [1.54, 1.807) is 0 Å². The van der Waals surface area contributed by atoms with Crippen molar-refractivity contribution in [1.82, 2.24) is 5.32 Å². The molecule has 0 bridgehead atoms. The Balaban J connectivity index is 0.00000144. The standard InChI is InChI=1S/C7H12FNO3.ClH/c8-5-3-12-4-6(5)9-2-1-7(10)11;/h5-6,9H,1-4H2,(H,10,11);1H/t5-,6-;/m1./s1. The fourth-order valence-electron chi connectivity index (χ4n) is 1.08. The number of rotatable bonds is 4. The van der Waals surface area contributed by atoms with Crippen LogP contribution >= 0.6 is 12.4 Å². The quantitative estimate of drug-likeness (QED) is 0.701. The maximum absolute atomic E-state index is 12.8. The van der Waals surface area contributed by atoms with Crippen molar-refractivity contribution in [3.05, 3.63) is 0 Å². The first-order chi connectivity index (χ1) is 5.70. The van der Waals surface area contributed by atoms with E-state index in [2.05, 4.69) is 5.32 Å². The molecule has 0 spiro atoms. The third-order valence-electron chi connectivity index (χ3n) is 1.76. The lowest BCUT2D eigenvalue weighted by Gasteiger charge is -2.11. The molecule has 1 rings (SSSR count). The minimum Gasteiger partial charge on any atom is -0.481 e. The van der Waals surface area contributed by atoms with E-state index in [0.717, 1.165) is 0 Å². The van der Waals surface area contributed by atoms with Crippen LogP contribution in [-0.2, 0) is 9.53 Å². The predicted molar refractivity (Wildman–Crippen MR) is 47.0 cm³/mol. The summed E-state index contributed by atoms with van der Waals surface area (Å²) in [6, 6.07) is -0.329. The van der Waals surface area contributed by atoms with Gasteiger partial charge in [-0.25, -0.2) is 4.39 Å². The molecule has 2 atom stereocenters. The minimum absolute atomic E-state index is 0. The zero-order chi connectivity index (χ0) is 8.97. The Morgan fingerprint density at radius 1 is 1.62 bits per heavy atom. The highest BCUT2D eigenvalue weighted by atomic mass is 35.5. The Morgan fingerprint density at radius 2 is 2.31 bits per heavy atom. The van der Waals surface area contributed by atoms with E-state index in [4.69, 9.17) is 9.84 Å². The first-order valence-corrected chi connectivity index (χ1v) is 3.87. The fourth-order valence-corrected chi connectivity index (χ4v) is 1.08. The van der Waals surface area contributed by atoms with Crippen molar-refractivity contribution in [2.75, 3.05) is 19.8 Å². The molecular formula is C7H13ClFNO3. The van der Waals surface area contributed by atoms with Crippen LogP contribution in [0.2, 0.25) is 0 Å². The molecule has 0 unspecified atom stereocenters. The minimum atomic E-state index is -1.00. The Bertz CT molecular complexity index is 170. The van der Waals surface area contributed by atoms with Crippen molar-refractivity contribution in [2.24, 2.45) is 0 Å². The first kappa shape index (κ1) is 12.6. The largest absolute Gasteiger partial charge is 0.481 e. The fraction of sp³-hybridized carbons (Fsp3) is 0.857. The summed E-state index contributed by atoms with van der Waals surface area (Å²) >= 11 is 0. The van der Waals surface area contributed by atoms with Crippen LogP contribution in [0.5, 0.6) is 0 Å². The number of alkyl halides is 1. The normalized spacial score (nSPS) is 26.8. The van der Waals surface area contributed by atoms with Crippen molar-refractivity contribution in [3.8, 4) is 0 Å². The van der Waals surface area contributed by atoms with Gasteiger partial charge < -0.3 is 15.2 Å². The van der Waals surface area contributed by atoms with E-state index in [0.29, 0.717) is 13.2 Å². The maximum atomic E-state index is 12.8. The van der Waals surface area contributed by atoms with Crippen LogP contribution in [-0.4, -0.2) is 43.0 Å². The molecule has 0 aromatic carbocycles. The highest BCUT2D eigenvalue weighted by Gasteiger charge is 2.27.